The van der Waals surface area contributed by atoms with Gasteiger partial charge in [0.2, 0.25) is 0 Å². The second kappa shape index (κ2) is 4.47. The van der Waals surface area contributed by atoms with Gasteiger partial charge in [0, 0.05) is 23.7 Å². The number of benzene rings is 1. The first-order chi connectivity index (χ1) is 7.25. The molecule has 2 aromatic rings. The fourth-order valence-corrected chi connectivity index (χ4v) is 1.68. The van der Waals surface area contributed by atoms with Gasteiger partial charge in [-0.15, -0.1) is 0 Å². The first kappa shape index (κ1) is 10.2. The maximum atomic E-state index is 6.04. The second-order valence-corrected chi connectivity index (χ2v) is 3.87. The lowest BCUT2D eigenvalue weighted by Crippen LogP contribution is -2.13. The monoisotopic (exact) mass is 221 g/mol. The number of H-pyrrole nitrogens is 1. The highest BCUT2D eigenvalue weighted by atomic mass is 35.5. The largest absolute Gasteiger partial charge is 0.324 e. The predicted molar refractivity (Wildman–Crippen MR) is 60.7 cm³/mol. The van der Waals surface area contributed by atoms with Crippen molar-refractivity contribution >= 4 is 11.6 Å². The summed E-state index contributed by atoms with van der Waals surface area (Å²) in [5.74, 6) is 0. The summed E-state index contributed by atoms with van der Waals surface area (Å²) < 4.78 is 0. The smallest absolute Gasteiger partial charge is 0.0640 e. The lowest BCUT2D eigenvalue weighted by atomic mass is 10.0. The van der Waals surface area contributed by atoms with Crippen molar-refractivity contribution in [1.29, 1.82) is 0 Å². The molecule has 0 fully saturated rings. The van der Waals surface area contributed by atoms with Gasteiger partial charge in [-0.1, -0.05) is 23.7 Å². The van der Waals surface area contributed by atoms with Crippen LogP contribution in [0, 0.1) is 0 Å². The Balaban J connectivity index is 2.11. The molecule has 1 heterocycles. The van der Waals surface area contributed by atoms with Gasteiger partial charge in [-0.05, 0) is 23.8 Å². The lowest BCUT2D eigenvalue weighted by molar-refractivity contribution is 0.704. The number of rotatable bonds is 3. The molecule has 3 N–H and O–H groups in total. The van der Waals surface area contributed by atoms with Crippen LogP contribution in [0.2, 0.25) is 5.02 Å². The molecule has 0 saturated carbocycles. The molecule has 0 saturated heterocycles. The van der Waals surface area contributed by atoms with E-state index >= 15 is 0 Å². The lowest BCUT2D eigenvalue weighted by Gasteiger charge is -2.10. The summed E-state index contributed by atoms with van der Waals surface area (Å²) in [6.07, 6.45) is 2.50. The van der Waals surface area contributed by atoms with Gasteiger partial charge in [0.15, 0.2) is 0 Å². The van der Waals surface area contributed by atoms with Gasteiger partial charge in [0.1, 0.15) is 0 Å². The Morgan fingerprint density at radius 3 is 2.93 bits per heavy atom. The van der Waals surface area contributed by atoms with Crippen LogP contribution in [0.15, 0.2) is 36.5 Å². The molecule has 78 valence electrons. The van der Waals surface area contributed by atoms with Crippen LogP contribution in [0.5, 0.6) is 0 Å². The van der Waals surface area contributed by atoms with Crippen LogP contribution in [-0.4, -0.2) is 10.2 Å². The molecule has 1 atom stereocenters. The molecule has 0 aliphatic rings. The van der Waals surface area contributed by atoms with E-state index in [0.29, 0.717) is 11.4 Å². The standard InChI is InChI=1S/C11H12ClN3/c12-9-3-1-2-8(6-9)11(13)7-10-4-5-14-15-10/h1-6,11H,7,13H2,(H,14,15). The van der Waals surface area contributed by atoms with Crippen molar-refractivity contribution in [3.8, 4) is 0 Å². The van der Waals surface area contributed by atoms with E-state index in [2.05, 4.69) is 10.2 Å². The molecule has 4 heteroatoms. The van der Waals surface area contributed by atoms with E-state index in [1.807, 2.05) is 30.3 Å². The molecule has 15 heavy (non-hydrogen) atoms. The van der Waals surface area contributed by atoms with E-state index in [9.17, 15) is 0 Å². The molecular formula is C11H12ClN3. The molecule has 1 aromatic heterocycles. The SMILES string of the molecule is NC(Cc1cc[nH]n1)c1cccc(Cl)c1. The van der Waals surface area contributed by atoms with Crippen LogP contribution in [0.1, 0.15) is 17.3 Å². The van der Waals surface area contributed by atoms with Gasteiger partial charge in [-0.25, -0.2) is 0 Å². The van der Waals surface area contributed by atoms with E-state index in [4.69, 9.17) is 17.3 Å². The Kier molecular flexibility index (Phi) is 3.04. The highest BCUT2D eigenvalue weighted by molar-refractivity contribution is 6.30. The van der Waals surface area contributed by atoms with Crippen LogP contribution >= 0.6 is 11.6 Å². The quantitative estimate of drug-likeness (QED) is 0.836. The molecule has 0 spiro atoms. The first-order valence-electron chi connectivity index (χ1n) is 4.75. The van der Waals surface area contributed by atoms with Gasteiger partial charge in [0.25, 0.3) is 0 Å². The van der Waals surface area contributed by atoms with Crippen LogP contribution in [0.25, 0.3) is 0 Å². The maximum Gasteiger partial charge on any atom is 0.0640 e. The van der Waals surface area contributed by atoms with Crippen LogP contribution < -0.4 is 5.73 Å². The van der Waals surface area contributed by atoms with Crippen molar-refractivity contribution in [2.45, 2.75) is 12.5 Å². The molecule has 0 aliphatic carbocycles. The van der Waals surface area contributed by atoms with Crippen molar-refractivity contribution in [1.82, 2.24) is 10.2 Å². The minimum absolute atomic E-state index is 0.0630. The van der Waals surface area contributed by atoms with Gasteiger partial charge < -0.3 is 5.73 Å². The average Bonchev–Trinajstić information content (AvgIpc) is 2.70. The van der Waals surface area contributed by atoms with Crippen molar-refractivity contribution < 1.29 is 0 Å². The number of nitrogens with one attached hydrogen (secondary N) is 1. The van der Waals surface area contributed by atoms with Crippen LogP contribution in [-0.2, 0) is 6.42 Å². The van der Waals surface area contributed by atoms with Crippen molar-refractivity contribution in [3.63, 3.8) is 0 Å². The Hall–Kier alpha value is -1.32. The van der Waals surface area contributed by atoms with Crippen LogP contribution in [0.4, 0.5) is 0 Å². The number of nitrogens with zero attached hydrogens (tertiary/aromatic N) is 1. The summed E-state index contributed by atoms with van der Waals surface area (Å²) in [6, 6.07) is 9.47. The molecule has 1 aromatic carbocycles. The molecule has 0 radical (unpaired) electrons. The molecule has 0 amide bonds. The van der Waals surface area contributed by atoms with E-state index in [0.717, 1.165) is 11.3 Å². The summed E-state index contributed by atoms with van der Waals surface area (Å²) in [6.45, 7) is 0. The van der Waals surface area contributed by atoms with Gasteiger partial charge in [0.05, 0.1) is 5.69 Å². The highest BCUT2D eigenvalue weighted by Gasteiger charge is 2.08. The number of hydrogen-bond acceptors (Lipinski definition) is 2. The number of hydrogen-bond donors (Lipinski definition) is 2. The highest BCUT2D eigenvalue weighted by Crippen LogP contribution is 2.18. The fraction of sp³-hybridized carbons (Fsp3) is 0.182. The fourth-order valence-electron chi connectivity index (χ4n) is 1.48. The molecule has 0 aliphatic heterocycles. The van der Waals surface area contributed by atoms with Crippen LogP contribution in [0.3, 0.4) is 0 Å². The predicted octanol–water partition coefficient (Wildman–Crippen LogP) is 2.31. The van der Waals surface area contributed by atoms with Crippen molar-refractivity contribution in [2.75, 3.05) is 0 Å². The number of aromatic amines is 1. The Bertz CT molecular complexity index is 425. The van der Waals surface area contributed by atoms with Crippen molar-refractivity contribution in [2.24, 2.45) is 5.73 Å². The maximum absolute atomic E-state index is 6.04. The summed E-state index contributed by atoms with van der Waals surface area (Å²) in [7, 11) is 0. The van der Waals surface area contributed by atoms with E-state index in [-0.39, 0.29) is 6.04 Å². The second-order valence-electron chi connectivity index (χ2n) is 3.43. The molecule has 1 unspecified atom stereocenters. The Morgan fingerprint density at radius 1 is 1.40 bits per heavy atom. The third-order valence-corrected chi connectivity index (χ3v) is 2.50. The van der Waals surface area contributed by atoms with Crippen molar-refractivity contribution in [3.05, 3.63) is 52.8 Å². The number of nitrogens with two attached hydrogens (primary N) is 1. The Labute approximate surface area is 93.3 Å². The summed E-state index contributed by atoms with van der Waals surface area (Å²) in [5.41, 5.74) is 8.04. The molecule has 0 bridgehead atoms. The zero-order chi connectivity index (χ0) is 10.7. The van der Waals surface area contributed by atoms with Gasteiger partial charge in [-0.3, -0.25) is 5.10 Å². The number of aromatic nitrogens is 2. The topological polar surface area (TPSA) is 54.7 Å². The first-order valence-corrected chi connectivity index (χ1v) is 5.13. The molecule has 2 rings (SSSR count). The minimum atomic E-state index is -0.0630. The number of halogens is 1. The molecule has 3 nitrogen and oxygen atoms in total. The minimum Gasteiger partial charge on any atom is -0.324 e. The normalized spacial score (nSPS) is 12.7. The van der Waals surface area contributed by atoms with E-state index in [1.54, 1.807) is 6.20 Å². The summed E-state index contributed by atoms with van der Waals surface area (Å²) in [4.78, 5) is 0. The zero-order valence-electron chi connectivity index (χ0n) is 8.15. The molecular weight excluding hydrogens is 210 g/mol. The third kappa shape index (κ3) is 2.58. The zero-order valence-corrected chi connectivity index (χ0v) is 8.91. The summed E-state index contributed by atoms with van der Waals surface area (Å²) >= 11 is 5.89. The van der Waals surface area contributed by atoms with E-state index in [1.165, 1.54) is 0 Å². The third-order valence-electron chi connectivity index (χ3n) is 2.26. The summed E-state index contributed by atoms with van der Waals surface area (Å²) in [5, 5.41) is 7.55. The van der Waals surface area contributed by atoms with E-state index < -0.39 is 0 Å². The van der Waals surface area contributed by atoms with Gasteiger partial charge >= 0.3 is 0 Å². The van der Waals surface area contributed by atoms with Gasteiger partial charge in [-0.2, -0.15) is 5.10 Å². The average molecular weight is 222 g/mol. The Morgan fingerprint density at radius 2 is 2.27 bits per heavy atom.